The van der Waals surface area contributed by atoms with E-state index in [0.29, 0.717) is 36.1 Å². The highest BCUT2D eigenvalue weighted by molar-refractivity contribution is 8.55. The summed E-state index contributed by atoms with van der Waals surface area (Å²) in [5, 5.41) is 6.36. The molecule has 1 aliphatic heterocycles. The lowest BCUT2D eigenvalue weighted by atomic mass is 10.2. The fourth-order valence-electron chi connectivity index (χ4n) is 2.34. The number of nitrogens with zero attached hydrogens (tertiary/aromatic N) is 2. The number of carbonyl (C=O) groups excluding carboxylic acids is 1. The van der Waals surface area contributed by atoms with Gasteiger partial charge in [0.25, 0.3) is 0 Å². The van der Waals surface area contributed by atoms with Crippen LogP contribution < -0.4 is 10.6 Å². The minimum absolute atomic E-state index is 0.367. The molecule has 0 spiro atoms. The molecule has 0 aliphatic carbocycles. The van der Waals surface area contributed by atoms with Crippen LogP contribution in [-0.4, -0.2) is 60.8 Å². The third-order valence-corrected chi connectivity index (χ3v) is 6.83. The number of piperazine rings is 1. The van der Waals surface area contributed by atoms with Gasteiger partial charge in [0.05, 0.1) is 12.7 Å². The summed E-state index contributed by atoms with van der Waals surface area (Å²) in [6, 6.07) is 6.69. The molecule has 1 saturated heterocycles. The van der Waals surface area contributed by atoms with Gasteiger partial charge in [0, 0.05) is 37.6 Å². The summed E-state index contributed by atoms with van der Waals surface area (Å²) in [5.74, 6) is 0.523. The van der Waals surface area contributed by atoms with E-state index in [1.165, 1.54) is 7.11 Å². The molecule has 0 amide bonds. The number of esters is 1. The number of anilines is 1. The second-order valence-corrected chi connectivity index (χ2v) is 9.73. The zero-order valence-electron chi connectivity index (χ0n) is 15.0. The predicted molar refractivity (Wildman–Crippen MR) is 106 cm³/mol. The molecule has 144 valence electrons. The van der Waals surface area contributed by atoms with Crippen LogP contribution in [0.2, 0.25) is 0 Å². The number of hydrogen-bond donors (Lipinski definition) is 3. The first-order chi connectivity index (χ1) is 12.4. The number of methoxy groups -OCH3 is 1. The van der Waals surface area contributed by atoms with E-state index < -0.39 is 12.7 Å². The monoisotopic (exact) mass is 400 g/mol. The average Bonchev–Trinajstić information content (AvgIpc) is 2.66. The Morgan fingerprint density at radius 2 is 2.04 bits per heavy atom. The highest BCUT2D eigenvalue weighted by atomic mass is 32.7. The van der Waals surface area contributed by atoms with Crippen molar-refractivity contribution in [2.75, 3.05) is 44.4 Å². The smallest absolute Gasteiger partial charge is 0.372 e. The average molecular weight is 400 g/mol. The Morgan fingerprint density at radius 1 is 1.38 bits per heavy atom. The normalized spacial score (nSPS) is 17.5. The first-order valence-corrected chi connectivity index (χ1v) is 11.6. The van der Waals surface area contributed by atoms with Gasteiger partial charge >= 0.3 is 12.7 Å². The topological polar surface area (TPSA) is 103 Å². The summed E-state index contributed by atoms with van der Waals surface area (Å²) >= 11 is 0.971. The van der Waals surface area contributed by atoms with Gasteiger partial charge in [0.1, 0.15) is 0 Å². The van der Waals surface area contributed by atoms with Crippen LogP contribution in [0.5, 0.6) is 0 Å². The van der Waals surface area contributed by atoms with Crippen molar-refractivity contribution >= 4 is 35.7 Å². The molecule has 1 aromatic carbocycles. The maximum atomic E-state index is 12.4. The van der Waals surface area contributed by atoms with E-state index in [0.717, 1.165) is 30.9 Å². The van der Waals surface area contributed by atoms with Crippen LogP contribution >= 0.6 is 18.1 Å². The van der Waals surface area contributed by atoms with E-state index in [2.05, 4.69) is 20.1 Å². The molecule has 0 radical (unpaired) electrons. The summed E-state index contributed by atoms with van der Waals surface area (Å²) in [6.07, 6.45) is 0.802. The molecule has 1 aromatic rings. The zero-order chi connectivity index (χ0) is 19.0. The van der Waals surface area contributed by atoms with Crippen molar-refractivity contribution in [1.29, 1.82) is 0 Å². The number of carbonyl (C=O) groups is 1. The summed E-state index contributed by atoms with van der Waals surface area (Å²) in [5.41, 5.74) is 1.11. The second kappa shape index (κ2) is 9.97. The van der Waals surface area contributed by atoms with E-state index in [4.69, 9.17) is 0 Å². The van der Waals surface area contributed by atoms with Crippen molar-refractivity contribution in [1.82, 2.24) is 10.2 Å². The van der Waals surface area contributed by atoms with E-state index in [1.54, 1.807) is 24.3 Å². The zero-order valence-corrected chi connectivity index (χ0v) is 16.7. The Balaban J connectivity index is 2.20. The molecule has 1 fully saturated rings. The minimum Gasteiger partial charge on any atom is -0.465 e. The fourth-order valence-corrected chi connectivity index (χ4v) is 4.90. The lowest BCUT2D eigenvalue weighted by molar-refractivity contribution is 0.0600. The van der Waals surface area contributed by atoms with Crippen LogP contribution in [0.25, 0.3) is 0 Å². The Morgan fingerprint density at radius 3 is 2.62 bits per heavy atom. The van der Waals surface area contributed by atoms with Crippen LogP contribution in [0.15, 0.2) is 29.0 Å². The molecule has 3 N–H and O–H groups in total. The van der Waals surface area contributed by atoms with Gasteiger partial charge in [-0.3, -0.25) is 4.57 Å². The lowest BCUT2D eigenvalue weighted by Crippen LogP contribution is -2.48. The number of nitrogens with one attached hydrogen (secondary N) is 2. The SMILES string of the molecule is CCCSP(=O)(O)/N=C(/Nc1ccc(C(=O)OC)cc1)N1CCNCC1. The molecular weight excluding hydrogens is 375 g/mol. The van der Waals surface area contributed by atoms with Crippen molar-refractivity contribution in [3.05, 3.63) is 29.8 Å². The van der Waals surface area contributed by atoms with E-state index >= 15 is 0 Å². The van der Waals surface area contributed by atoms with Crippen LogP contribution in [0.3, 0.4) is 0 Å². The number of ether oxygens (including phenoxy) is 1. The Labute approximate surface area is 157 Å². The highest BCUT2D eigenvalue weighted by Gasteiger charge is 2.23. The highest BCUT2D eigenvalue weighted by Crippen LogP contribution is 2.56. The molecule has 1 aliphatic rings. The van der Waals surface area contributed by atoms with Gasteiger partial charge < -0.3 is 25.2 Å². The third kappa shape index (κ3) is 6.32. The van der Waals surface area contributed by atoms with Gasteiger partial charge in [-0.25, -0.2) is 4.79 Å². The third-order valence-electron chi connectivity index (χ3n) is 3.66. The number of benzene rings is 1. The van der Waals surface area contributed by atoms with Gasteiger partial charge in [-0.1, -0.05) is 6.92 Å². The molecule has 0 saturated carbocycles. The molecule has 0 bridgehead atoms. The van der Waals surface area contributed by atoms with Crippen LogP contribution in [0.1, 0.15) is 23.7 Å². The van der Waals surface area contributed by atoms with Crippen molar-refractivity contribution < 1.29 is 19.0 Å². The summed E-state index contributed by atoms with van der Waals surface area (Å²) in [4.78, 5) is 23.6. The fraction of sp³-hybridized carbons (Fsp3) is 0.500. The van der Waals surface area contributed by atoms with Gasteiger partial charge in [-0.05, 0) is 42.1 Å². The van der Waals surface area contributed by atoms with Gasteiger partial charge in [-0.15, -0.1) is 0 Å². The molecule has 26 heavy (non-hydrogen) atoms. The van der Waals surface area contributed by atoms with E-state index in [9.17, 15) is 14.3 Å². The van der Waals surface area contributed by atoms with Crippen molar-refractivity contribution in [3.8, 4) is 0 Å². The first-order valence-electron chi connectivity index (χ1n) is 8.44. The Bertz CT molecular complexity index is 677. The molecular formula is C16H25N4O4PS. The molecule has 10 heteroatoms. The largest absolute Gasteiger partial charge is 0.465 e. The van der Waals surface area contributed by atoms with Crippen LogP contribution in [0.4, 0.5) is 5.69 Å². The van der Waals surface area contributed by atoms with Crippen LogP contribution in [0, 0.1) is 0 Å². The Kier molecular flexibility index (Phi) is 7.96. The maximum Gasteiger partial charge on any atom is 0.372 e. The quantitative estimate of drug-likeness (QED) is 0.289. The van der Waals surface area contributed by atoms with Crippen LogP contribution in [-0.2, 0) is 9.30 Å². The molecule has 1 unspecified atom stereocenters. The molecule has 1 atom stereocenters. The predicted octanol–water partition coefficient (Wildman–Crippen LogP) is 2.39. The lowest BCUT2D eigenvalue weighted by Gasteiger charge is -2.31. The van der Waals surface area contributed by atoms with Crippen molar-refractivity contribution in [3.63, 3.8) is 0 Å². The van der Waals surface area contributed by atoms with Crippen molar-refractivity contribution in [2.24, 2.45) is 4.76 Å². The number of rotatable bonds is 6. The Hall–Kier alpha value is -1.54. The molecule has 1 heterocycles. The standard InChI is InChI=1S/C16H25N4O4PS/c1-3-12-26-25(22,23)19-16(20-10-8-17-9-11-20)18-14-6-4-13(5-7-14)15(21)24-2/h4-7,17H,3,8-12H2,1-2H3,(H2,18,19,22,23). The van der Waals surface area contributed by atoms with Gasteiger partial charge in [-0.2, -0.15) is 4.76 Å². The van der Waals surface area contributed by atoms with E-state index in [1.807, 2.05) is 11.8 Å². The molecule has 8 nitrogen and oxygen atoms in total. The van der Waals surface area contributed by atoms with E-state index in [-0.39, 0.29) is 0 Å². The van der Waals surface area contributed by atoms with Gasteiger partial charge in [0.2, 0.25) is 5.96 Å². The summed E-state index contributed by atoms with van der Waals surface area (Å²) in [6.45, 7) is 1.19. The van der Waals surface area contributed by atoms with Crippen molar-refractivity contribution in [2.45, 2.75) is 13.3 Å². The first kappa shape index (κ1) is 20.8. The number of guanidine groups is 1. The second-order valence-electron chi connectivity index (χ2n) is 5.68. The minimum atomic E-state index is -3.69. The molecule has 0 aromatic heterocycles. The maximum absolute atomic E-state index is 12.4. The van der Waals surface area contributed by atoms with Gasteiger partial charge in [0.15, 0.2) is 0 Å². The summed E-state index contributed by atoms with van der Waals surface area (Å²) in [7, 11) is 1.33. The summed E-state index contributed by atoms with van der Waals surface area (Å²) < 4.78 is 21.2. The number of hydrogen-bond acceptors (Lipinski definition) is 5. The molecule has 2 rings (SSSR count).